The molecule has 1 N–H and O–H groups in total. The fourth-order valence-corrected chi connectivity index (χ4v) is 3.62. The van der Waals surface area contributed by atoms with Gasteiger partial charge in [0.2, 0.25) is 6.79 Å². The maximum atomic E-state index is 12.8. The zero-order valence-corrected chi connectivity index (χ0v) is 16.7. The Balaban J connectivity index is 1.31. The van der Waals surface area contributed by atoms with Gasteiger partial charge >= 0.3 is 0 Å². The number of nitrogens with zero attached hydrogens (tertiary/aromatic N) is 2. The lowest BCUT2D eigenvalue weighted by atomic mass is 10.0. The molecule has 2 amide bonds. The fourth-order valence-electron chi connectivity index (χ4n) is 3.62. The third kappa shape index (κ3) is 4.13. The number of benzene rings is 2. The van der Waals surface area contributed by atoms with E-state index in [1.54, 1.807) is 18.2 Å². The van der Waals surface area contributed by atoms with Crippen molar-refractivity contribution in [3.8, 4) is 11.5 Å². The van der Waals surface area contributed by atoms with Crippen LogP contribution in [0.5, 0.6) is 11.5 Å². The number of nitrogens with one attached hydrogen (secondary N) is 1. The van der Waals surface area contributed by atoms with E-state index in [1.165, 1.54) is 0 Å². The summed E-state index contributed by atoms with van der Waals surface area (Å²) in [4.78, 5) is 29.1. The molecule has 4 rings (SSSR count). The number of rotatable bonds is 4. The predicted octanol–water partition coefficient (Wildman–Crippen LogP) is 2.52. The quantitative estimate of drug-likeness (QED) is 0.861. The molecule has 0 radical (unpaired) electrons. The van der Waals surface area contributed by atoms with Crippen LogP contribution in [-0.4, -0.2) is 56.7 Å². The normalized spacial score (nSPS) is 15.9. The van der Waals surface area contributed by atoms with Crippen molar-refractivity contribution in [3.05, 3.63) is 53.6 Å². The number of hydrogen-bond donors (Lipinski definition) is 1. The second-order valence-electron chi connectivity index (χ2n) is 7.55. The smallest absolute Gasteiger partial charge is 0.253 e. The molecule has 0 aromatic heterocycles. The summed E-state index contributed by atoms with van der Waals surface area (Å²) in [5.74, 6) is 1.18. The average Bonchev–Trinajstić information content (AvgIpc) is 3.21. The third-order valence-electron chi connectivity index (χ3n) is 5.38. The van der Waals surface area contributed by atoms with Gasteiger partial charge in [-0.1, -0.05) is 0 Å². The van der Waals surface area contributed by atoms with Crippen LogP contribution in [0.2, 0.25) is 0 Å². The standard InChI is InChI=1S/C22H25N3O4/c1-24(2)18-6-3-15(4-7-18)21(26)23-17-9-11-25(12-10-17)22(27)16-5-8-19-20(13-16)29-14-28-19/h3-8,13,17H,9-12,14H2,1-2H3,(H,23,26). The Hall–Kier alpha value is -3.22. The van der Waals surface area contributed by atoms with Gasteiger partial charge in [0.1, 0.15) is 0 Å². The zero-order valence-electron chi connectivity index (χ0n) is 16.7. The van der Waals surface area contributed by atoms with Gasteiger partial charge in [0, 0.05) is 50.0 Å². The molecule has 2 aromatic rings. The average molecular weight is 395 g/mol. The summed E-state index contributed by atoms with van der Waals surface area (Å²) in [5.41, 5.74) is 2.30. The molecule has 0 aliphatic carbocycles. The Morgan fingerprint density at radius 1 is 0.966 bits per heavy atom. The topological polar surface area (TPSA) is 71.1 Å². The molecule has 2 aromatic carbocycles. The molecule has 7 nitrogen and oxygen atoms in total. The highest BCUT2D eigenvalue weighted by atomic mass is 16.7. The Labute approximate surface area is 170 Å². The van der Waals surface area contributed by atoms with E-state index < -0.39 is 0 Å². The van der Waals surface area contributed by atoms with Crippen LogP contribution < -0.4 is 19.7 Å². The summed E-state index contributed by atoms with van der Waals surface area (Å²) >= 11 is 0. The molecule has 29 heavy (non-hydrogen) atoms. The van der Waals surface area contributed by atoms with E-state index in [2.05, 4.69) is 5.32 Å². The van der Waals surface area contributed by atoms with Crippen molar-refractivity contribution in [2.75, 3.05) is 38.9 Å². The second kappa shape index (κ2) is 8.03. The minimum atomic E-state index is -0.0733. The fraction of sp³-hybridized carbons (Fsp3) is 0.364. The van der Waals surface area contributed by atoms with Crippen molar-refractivity contribution in [3.63, 3.8) is 0 Å². The van der Waals surface area contributed by atoms with Crippen LogP contribution in [0.3, 0.4) is 0 Å². The Morgan fingerprint density at radius 2 is 1.62 bits per heavy atom. The van der Waals surface area contributed by atoms with Gasteiger partial charge < -0.3 is 24.6 Å². The van der Waals surface area contributed by atoms with E-state index in [-0.39, 0.29) is 24.6 Å². The van der Waals surface area contributed by atoms with Crippen LogP contribution in [0, 0.1) is 0 Å². The van der Waals surface area contributed by atoms with Crippen molar-refractivity contribution in [1.29, 1.82) is 0 Å². The molecule has 152 valence electrons. The molecule has 2 heterocycles. The molecule has 1 fully saturated rings. The first-order chi connectivity index (χ1) is 14.0. The summed E-state index contributed by atoms with van der Waals surface area (Å²) in [7, 11) is 3.93. The Morgan fingerprint density at radius 3 is 2.31 bits per heavy atom. The summed E-state index contributed by atoms with van der Waals surface area (Å²) in [6, 6.07) is 12.9. The van der Waals surface area contributed by atoms with E-state index in [9.17, 15) is 9.59 Å². The lowest BCUT2D eigenvalue weighted by molar-refractivity contribution is 0.0697. The van der Waals surface area contributed by atoms with Crippen molar-refractivity contribution in [1.82, 2.24) is 10.2 Å². The predicted molar refractivity (Wildman–Crippen MR) is 110 cm³/mol. The van der Waals surface area contributed by atoms with Crippen LogP contribution in [-0.2, 0) is 0 Å². The van der Waals surface area contributed by atoms with E-state index in [4.69, 9.17) is 9.47 Å². The number of carbonyl (C=O) groups excluding carboxylic acids is 2. The van der Waals surface area contributed by atoms with E-state index in [0.29, 0.717) is 35.7 Å². The molecule has 2 aliphatic rings. The van der Waals surface area contributed by atoms with Gasteiger partial charge in [-0.15, -0.1) is 0 Å². The van der Waals surface area contributed by atoms with Crippen LogP contribution in [0.4, 0.5) is 5.69 Å². The maximum Gasteiger partial charge on any atom is 0.253 e. The van der Waals surface area contributed by atoms with Crippen LogP contribution >= 0.6 is 0 Å². The van der Waals surface area contributed by atoms with Gasteiger partial charge in [0.05, 0.1) is 0 Å². The first-order valence-corrected chi connectivity index (χ1v) is 9.78. The van der Waals surface area contributed by atoms with E-state index in [1.807, 2.05) is 48.2 Å². The monoisotopic (exact) mass is 395 g/mol. The number of hydrogen-bond acceptors (Lipinski definition) is 5. The van der Waals surface area contributed by atoms with Gasteiger partial charge in [-0.05, 0) is 55.3 Å². The number of carbonyl (C=O) groups is 2. The maximum absolute atomic E-state index is 12.8. The molecule has 2 aliphatic heterocycles. The third-order valence-corrected chi connectivity index (χ3v) is 5.38. The zero-order chi connectivity index (χ0) is 20.4. The number of amides is 2. The molecule has 0 atom stereocenters. The largest absolute Gasteiger partial charge is 0.454 e. The van der Waals surface area contributed by atoms with Crippen LogP contribution in [0.1, 0.15) is 33.6 Å². The van der Waals surface area contributed by atoms with Crippen molar-refractivity contribution < 1.29 is 19.1 Å². The highest BCUT2D eigenvalue weighted by molar-refractivity contribution is 5.95. The molecular weight excluding hydrogens is 370 g/mol. The van der Waals surface area contributed by atoms with Gasteiger partial charge in [-0.25, -0.2) is 0 Å². The summed E-state index contributed by atoms with van der Waals surface area (Å²) < 4.78 is 10.7. The molecule has 0 saturated carbocycles. The van der Waals surface area contributed by atoms with Crippen molar-refractivity contribution >= 4 is 17.5 Å². The van der Waals surface area contributed by atoms with Crippen LogP contribution in [0.25, 0.3) is 0 Å². The molecule has 1 saturated heterocycles. The molecular formula is C22H25N3O4. The lowest BCUT2D eigenvalue weighted by Crippen LogP contribution is -2.46. The molecule has 0 bridgehead atoms. The number of piperidine rings is 1. The minimum absolute atomic E-state index is 0.0210. The van der Waals surface area contributed by atoms with E-state index >= 15 is 0 Å². The highest BCUT2D eigenvalue weighted by Crippen LogP contribution is 2.33. The van der Waals surface area contributed by atoms with E-state index in [0.717, 1.165) is 18.5 Å². The summed E-state index contributed by atoms with van der Waals surface area (Å²) in [6.45, 7) is 1.41. The number of fused-ring (bicyclic) bond motifs is 1. The highest BCUT2D eigenvalue weighted by Gasteiger charge is 2.26. The van der Waals surface area contributed by atoms with Crippen molar-refractivity contribution in [2.24, 2.45) is 0 Å². The SMILES string of the molecule is CN(C)c1ccc(C(=O)NC2CCN(C(=O)c3ccc4c(c3)OCO4)CC2)cc1. The summed E-state index contributed by atoms with van der Waals surface area (Å²) in [5, 5.41) is 3.09. The van der Waals surface area contributed by atoms with Gasteiger partial charge in [0.15, 0.2) is 11.5 Å². The Bertz CT molecular complexity index is 903. The molecule has 0 spiro atoms. The number of likely N-dealkylation sites (tertiary alicyclic amines) is 1. The number of anilines is 1. The number of ether oxygens (including phenoxy) is 2. The minimum Gasteiger partial charge on any atom is -0.454 e. The first kappa shape index (κ1) is 19.1. The molecule has 7 heteroatoms. The molecule has 0 unspecified atom stereocenters. The van der Waals surface area contributed by atoms with Crippen molar-refractivity contribution in [2.45, 2.75) is 18.9 Å². The first-order valence-electron chi connectivity index (χ1n) is 9.78. The van der Waals surface area contributed by atoms with Gasteiger partial charge in [-0.2, -0.15) is 0 Å². The van der Waals surface area contributed by atoms with Gasteiger partial charge in [-0.3, -0.25) is 9.59 Å². The lowest BCUT2D eigenvalue weighted by Gasteiger charge is -2.32. The Kier molecular flexibility index (Phi) is 5.29. The second-order valence-corrected chi connectivity index (χ2v) is 7.55. The van der Waals surface area contributed by atoms with Crippen LogP contribution in [0.15, 0.2) is 42.5 Å². The van der Waals surface area contributed by atoms with Gasteiger partial charge in [0.25, 0.3) is 11.8 Å². The summed E-state index contributed by atoms with van der Waals surface area (Å²) in [6.07, 6.45) is 1.47.